The van der Waals surface area contributed by atoms with Crippen molar-refractivity contribution >= 4 is 0 Å². The Morgan fingerprint density at radius 3 is 1.12 bits per heavy atom. The first kappa shape index (κ1) is 12.9. The van der Waals surface area contributed by atoms with Gasteiger partial charge in [-0.05, 0) is 0 Å². The second-order valence-corrected chi connectivity index (χ2v) is 0.794. The van der Waals surface area contributed by atoms with E-state index in [0.717, 1.165) is 0 Å². The maximum atomic E-state index is 3.56. The molecule has 0 aliphatic heterocycles. The quantitative estimate of drug-likeness (QED) is 0.356. The van der Waals surface area contributed by atoms with Gasteiger partial charge in [-0.1, -0.05) is 0 Å². The maximum absolute atomic E-state index is 3.56. The van der Waals surface area contributed by atoms with Crippen LogP contribution in [0.4, 0.5) is 0 Å². The zero-order valence-electron chi connectivity index (χ0n) is 7.07. The van der Waals surface area contributed by atoms with E-state index in [-0.39, 0.29) is 106 Å². The van der Waals surface area contributed by atoms with Crippen molar-refractivity contribution in [3.05, 3.63) is 19.0 Å². The van der Waals surface area contributed by atoms with Crippen LogP contribution in [0.2, 0.25) is 0 Å². The van der Waals surface area contributed by atoms with E-state index in [1.54, 1.807) is 0 Å². The van der Waals surface area contributed by atoms with Gasteiger partial charge in [0.25, 0.3) is 0 Å². The van der Waals surface area contributed by atoms with Crippen LogP contribution in [0.15, 0.2) is 19.0 Å². The van der Waals surface area contributed by atoms with Crippen LogP contribution in [0, 0.1) is 0 Å². The van der Waals surface area contributed by atoms with Crippen molar-refractivity contribution in [3.63, 3.8) is 0 Å². The predicted octanol–water partition coefficient (Wildman–Crippen LogP) is -5.90. The molecular weight excluding hydrogens is 156 g/mol. The molecule has 0 radical (unpaired) electrons. The molecule has 1 heterocycles. The average Bonchev–Trinajstić information content (AvgIpc) is 1.72. The molecule has 3 nitrogen and oxygen atoms in total. The third kappa shape index (κ3) is 6.40. The standard InChI is InChI=1S/C3H3N3.2K.2H/c1-4-2-6-3-5-1;;;;/h1-3H;;;;/q;2*+1;2*-1. The Hall–Kier alpha value is 2.28. The van der Waals surface area contributed by atoms with Gasteiger partial charge in [0.2, 0.25) is 0 Å². The number of nitrogens with zero attached hydrogens (tertiary/aromatic N) is 3. The molecular formula is C3H5K2N3. The van der Waals surface area contributed by atoms with E-state index in [4.69, 9.17) is 0 Å². The monoisotopic (exact) mass is 161 g/mol. The van der Waals surface area contributed by atoms with Gasteiger partial charge in [0.1, 0.15) is 19.0 Å². The van der Waals surface area contributed by atoms with Crippen molar-refractivity contribution in [3.8, 4) is 0 Å². The van der Waals surface area contributed by atoms with E-state index in [2.05, 4.69) is 15.0 Å². The predicted molar refractivity (Wildman–Crippen MR) is 22.1 cm³/mol. The SMILES string of the molecule is [H-].[H-].[K+].[K+].c1ncncn1. The Bertz CT molecular complexity index is 91.7. The van der Waals surface area contributed by atoms with E-state index in [1.165, 1.54) is 19.0 Å². The van der Waals surface area contributed by atoms with Crippen LogP contribution in [0.1, 0.15) is 2.85 Å². The maximum Gasteiger partial charge on any atom is 1.00 e. The van der Waals surface area contributed by atoms with E-state index in [0.29, 0.717) is 0 Å². The minimum absolute atomic E-state index is 0. The number of hydrogen-bond acceptors (Lipinski definition) is 3. The molecule has 0 saturated heterocycles. The van der Waals surface area contributed by atoms with Gasteiger partial charge in [-0.2, -0.15) is 0 Å². The molecule has 0 N–H and O–H groups in total. The molecule has 0 aromatic carbocycles. The zero-order valence-corrected chi connectivity index (χ0v) is 11.3. The molecule has 0 spiro atoms. The molecule has 0 aliphatic rings. The van der Waals surface area contributed by atoms with Crippen molar-refractivity contribution in [2.24, 2.45) is 0 Å². The second-order valence-electron chi connectivity index (χ2n) is 0.794. The van der Waals surface area contributed by atoms with Crippen molar-refractivity contribution in [1.29, 1.82) is 0 Å². The summed E-state index contributed by atoms with van der Waals surface area (Å²) < 4.78 is 0. The third-order valence-electron chi connectivity index (χ3n) is 0.400. The fraction of sp³-hybridized carbons (Fsp3) is 0. The molecule has 0 unspecified atom stereocenters. The van der Waals surface area contributed by atoms with Gasteiger partial charge in [0.15, 0.2) is 0 Å². The zero-order chi connectivity index (χ0) is 4.24. The van der Waals surface area contributed by atoms with Crippen LogP contribution < -0.4 is 103 Å². The minimum Gasteiger partial charge on any atom is -1.00 e. The van der Waals surface area contributed by atoms with Crippen molar-refractivity contribution in [1.82, 2.24) is 15.0 Å². The summed E-state index contributed by atoms with van der Waals surface area (Å²) in [6.07, 6.45) is 4.31. The van der Waals surface area contributed by atoms with Crippen molar-refractivity contribution in [2.45, 2.75) is 0 Å². The molecule has 5 heteroatoms. The first-order valence-electron chi connectivity index (χ1n) is 1.55. The smallest absolute Gasteiger partial charge is 1.00 e. The molecule has 1 aromatic rings. The topological polar surface area (TPSA) is 38.7 Å². The van der Waals surface area contributed by atoms with Crippen LogP contribution in [-0.2, 0) is 0 Å². The fourth-order valence-corrected chi connectivity index (χ4v) is 0.205. The second kappa shape index (κ2) is 9.28. The van der Waals surface area contributed by atoms with Crippen LogP contribution in [0.25, 0.3) is 0 Å². The third-order valence-corrected chi connectivity index (χ3v) is 0.400. The summed E-state index contributed by atoms with van der Waals surface area (Å²) >= 11 is 0. The Kier molecular flexibility index (Phi) is 15.0. The van der Waals surface area contributed by atoms with E-state index in [9.17, 15) is 0 Å². The molecule has 0 bridgehead atoms. The largest absolute Gasteiger partial charge is 1.00 e. The average molecular weight is 161 g/mol. The summed E-state index contributed by atoms with van der Waals surface area (Å²) in [5.41, 5.74) is 0. The first-order valence-corrected chi connectivity index (χ1v) is 1.55. The molecule has 1 rings (SSSR count). The molecule has 8 heavy (non-hydrogen) atoms. The molecule has 0 fully saturated rings. The van der Waals surface area contributed by atoms with Crippen LogP contribution in [0.5, 0.6) is 0 Å². The molecule has 34 valence electrons. The molecule has 0 aliphatic carbocycles. The Labute approximate surface area is 136 Å². The normalized spacial score (nSPS) is 6.00. The van der Waals surface area contributed by atoms with Gasteiger partial charge < -0.3 is 2.85 Å². The van der Waals surface area contributed by atoms with Gasteiger partial charge in [-0.15, -0.1) is 0 Å². The summed E-state index contributed by atoms with van der Waals surface area (Å²) in [5, 5.41) is 0. The summed E-state index contributed by atoms with van der Waals surface area (Å²) in [5.74, 6) is 0. The summed E-state index contributed by atoms with van der Waals surface area (Å²) in [7, 11) is 0. The van der Waals surface area contributed by atoms with Crippen LogP contribution >= 0.6 is 0 Å². The Balaban J connectivity index is -0.0000000450. The summed E-state index contributed by atoms with van der Waals surface area (Å²) in [4.78, 5) is 10.7. The van der Waals surface area contributed by atoms with Gasteiger partial charge in [0.05, 0.1) is 0 Å². The first-order chi connectivity index (χ1) is 3.00. The number of aromatic nitrogens is 3. The molecule has 1 aromatic heterocycles. The molecule has 0 atom stereocenters. The molecule has 0 amide bonds. The Morgan fingerprint density at radius 2 is 1.00 bits per heavy atom. The van der Waals surface area contributed by atoms with Gasteiger partial charge in [-0.25, -0.2) is 15.0 Å². The van der Waals surface area contributed by atoms with Gasteiger partial charge >= 0.3 is 103 Å². The van der Waals surface area contributed by atoms with E-state index < -0.39 is 0 Å². The fourth-order valence-electron chi connectivity index (χ4n) is 0.205. The van der Waals surface area contributed by atoms with Gasteiger partial charge in [0, 0.05) is 0 Å². The molecule has 0 saturated carbocycles. The summed E-state index contributed by atoms with van der Waals surface area (Å²) in [6, 6.07) is 0. The number of hydrogen-bond donors (Lipinski definition) is 0. The van der Waals surface area contributed by atoms with E-state index in [1.807, 2.05) is 0 Å². The van der Waals surface area contributed by atoms with Crippen LogP contribution in [0.3, 0.4) is 0 Å². The van der Waals surface area contributed by atoms with E-state index >= 15 is 0 Å². The van der Waals surface area contributed by atoms with Crippen molar-refractivity contribution in [2.75, 3.05) is 0 Å². The summed E-state index contributed by atoms with van der Waals surface area (Å²) in [6.45, 7) is 0. The van der Waals surface area contributed by atoms with Crippen LogP contribution in [-0.4, -0.2) is 15.0 Å². The number of rotatable bonds is 0. The van der Waals surface area contributed by atoms with Crippen molar-refractivity contribution < 1.29 is 106 Å². The minimum atomic E-state index is 0. The Morgan fingerprint density at radius 1 is 0.750 bits per heavy atom. The van der Waals surface area contributed by atoms with Gasteiger partial charge in [-0.3, -0.25) is 0 Å².